The first-order valence-electron chi connectivity index (χ1n) is 7.73. The van der Waals surface area contributed by atoms with E-state index in [0.29, 0.717) is 26.9 Å². The van der Waals surface area contributed by atoms with Gasteiger partial charge in [-0.05, 0) is 66.6 Å². The second-order valence-electron chi connectivity index (χ2n) is 5.65. The third kappa shape index (κ3) is 5.15. The molecule has 0 aromatic heterocycles. The van der Waals surface area contributed by atoms with Crippen LogP contribution in [0.1, 0.15) is 21.5 Å². The van der Waals surface area contributed by atoms with Crippen LogP contribution in [-0.2, 0) is 0 Å². The molecule has 0 bridgehead atoms. The number of benzene rings is 2. The molecule has 0 aliphatic carbocycles. The van der Waals surface area contributed by atoms with E-state index in [9.17, 15) is 4.79 Å². The Hall–Kier alpha value is -2.69. The van der Waals surface area contributed by atoms with E-state index in [4.69, 9.17) is 34.7 Å². The summed E-state index contributed by atoms with van der Waals surface area (Å²) in [5.74, 6) is -0.148. The molecule has 0 spiro atoms. The van der Waals surface area contributed by atoms with E-state index in [-0.39, 0.29) is 11.7 Å². The Morgan fingerprint density at radius 1 is 1.04 bits per heavy atom. The van der Waals surface area contributed by atoms with Crippen molar-refractivity contribution in [2.75, 3.05) is 0 Å². The highest BCUT2D eigenvalue weighted by molar-refractivity contribution is 6.31. The number of halogens is 2. The van der Waals surface area contributed by atoms with Crippen LogP contribution in [0.25, 0.3) is 5.57 Å². The van der Waals surface area contributed by atoms with E-state index < -0.39 is 0 Å². The van der Waals surface area contributed by atoms with Crippen molar-refractivity contribution in [1.29, 1.82) is 0 Å². The average Bonchev–Trinajstić information content (AvgIpc) is 2.58. The summed E-state index contributed by atoms with van der Waals surface area (Å²) in [5.41, 5.74) is 14.9. The van der Waals surface area contributed by atoms with Crippen molar-refractivity contribution in [2.24, 2.45) is 11.5 Å². The van der Waals surface area contributed by atoms with Gasteiger partial charge in [0.15, 0.2) is 0 Å². The molecule has 0 saturated heterocycles. The maximum Gasteiger partial charge on any atom is 0.255 e. The van der Waals surface area contributed by atoms with Crippen molar-refractivity contribution in [1.82, 2.24) is 5.32 Å². The van der Waals surface area contributed by atoms with Crippen LogP contribution >= 0.6 is 23.2 Å². The monoisotopic (exact) mass is 387 g/mol. The topological polar surface area (TPSA) is 81.1 Å². The Bertz CT molecular complexity index is 896. The molecule has 0 aliphatic rings. The first-order chi connectivity index (χ1) is 12.3. The van der Waals surface area contributed by atoms with Gasteiger partial charge in [0.25, 0.3) is 5.91 Å². The van der Waals surface area contributed by atoms with Crippen molar-refractivity contribution in [3.8, 4) is 0 Å². The molecule has 2 aromatic rings. The van der Waals surface area contributed by atoms with Gasteiger partial charge in [-0.1, -0.05) is 35.8 Å². The lowest BCUT2D eigenvalue weighted by molar-refractivity contribution is 0.0967. The van der Waals surface area contributed by atoms with Crippen LogP contribution in [0.4, 0.5) is 0 Å². The smallest absolute Gasteiger partial charge is 0.255 e. The molecule has 0 heterocycles. The van der Waals surface area contributed by atoms with E-state index in [2.05, 4.69) is 11.9 Å². The minimum atomic E-state index is -0.290. The zero-order chi connectivity index (χ0) is 19.3. The largest absolute Gasteiger partial charge is 0.385 e. The van der Waals surface area contributed by atoms with Gasteiger partial charge in [-0.15, -0.1) is 0 Å². The Morgan fingerprint density at radius 2 is 1.65 bits per heavy atom. The fourth-order valence-electron chi connectivity index (χ4n) is 2.27. The molecular formula is C20H19Cl2N3O. The zero-order valence-corrected chi connectivity index (χ0v) is 15.7. The number of allylic oxidation sites excluding steroid dienone is 3. The van der Waals surface area contributed by atoms with Crippen LogP contribution in [0.15, 0.2) is 72.7 Å². The van der Waals surface area contributed by atoms with E-state index in [1.165, 1.54) is 0 Å². The Balaban J connectivity index is 2.16. The number of carbonyl (C=O) groups is 1. The highest BCUT2D eigenvalue weighted by Gasteiger charge is 2.08. The quantitative estimate of drug-likeness (QED) is 0.665. The maximum absolute atomic E-state index is 12.2. The number of carbonyl (C=O) groups excluding carboxylic acids is 1. The number of hydrogen-bond acceptors (Lipinski definition) is 3. The van der Waals surface area contributed by atoms with Crippen LogP contribution in [0, 0.1) is 6.92 Å². The summed E-state index contributed by atoms with van der Waals surface area (Å²) in [7, 11) is 0. The normalized spacial score (nSPS) is 10.6. The summed E-state index contributed by atoms with van der Waals surface area (Å²) in [6, 6.07) is 12.0. The molecule has 1 amide bonds. The van der Waals surface area contributed by atoms with Gasteiger partial charge in [-0.2, -0.15) is 0 Å². The van der Waals surface area contributed by atoms with Gasteiger partial charge in [-0.3, -0.25) is 4.79 Å². The van der Waals surface area contributed by atoms with Crippen molar-refractivity contribution in [3.63, 3.8) is 0 Å². The van der Waals surface area contributed by atoms with Crippen LogP contribution in [0.3, 0.4) is 0 Å². The van der Waals surface area contributed by atoms with Crippen LogP contribution in [0.2, 0.25) is 10.0 Å². The van der Waals surface area contributed by atoms with E-state index in [0.717, 1.165) is 11.1 Å². The van der Waals surface area contributed by atoms with Crippen LogP contribution < -0.4 is 16.8 Å². The number of nitrogens with two attached hydrogens (primary N) is 2. The fraction of sp³-hybridized carbons (Fsp3) is 0.0500. The molecule has 0 atom stereocenters. The number of aryl methyl sites for hydroxylation is 1. The molecular weight excluding hydrogens is 369 g/mol. The van der Waals surface area contributed by atoms with E-state index >= 15 is 0 Å². The lowest BCUT2D eigenvalue weighted by Crippen LogP contribution is -2.21. The summed E-state index contributed by atoms with van der Waals surface area (Å²) in [6.07, 6.45) is 3.32. The minimum Gasteiger partial charge on any atom is -0.385 e. The highest BCUT2D eigenvalue weighted by atomic mass is 35.5. The molecule has 6 heteroatoms. The summed E-state index contributed by atoms with van der Waals surface area (Å²) in [5, 5.41) is 3.83. The Labute approximate surface area is 162 Å². The van der Waals surface area contributed by atoms with Gasteiger partial charge in [0.1, 0.15) is 5.82 Å². The van der Waals surface area contributed by atoms with Gasteiger partial charge < -0.3 is 16.8 Å². The van der Waals surface area contributed by atoms with Crippen molar-refractivity contribution in [3.05, 3.63) is 99.4 Å². The number of rotatable bonds is 5. The summed E-state index contributed by atoms with van der Waals surface area (Å²) >= 11 is 11.9. The standard InChI is InChI=1S/C20H19Cl2N3O/c1-12-3-7-16(22)11-18(12)17(19(23)24)10-4-13(2)25-20(26)14-5-8-15(21)9-6-14/h3-11H,2,23-24H2,1H3,(H,25,26)/b10-4-. The van der Waals surface area contributed by atoms with Crippen molar-refractivity contribution < 1.29 is 4.79 Å². The molecule has 4 nitrogen and oxygen atoms in total. The van der Waals surface area contributed by atoms with E-state index in [1.54, 1.807) is 48.6 Å². The highest BCUT2D eigenvalue weighted by Crippen LogP contribution is 2.24. The SMILES string of the molecule is C=C(/C=C\C(=C(N)N)c1cc(Cl)ccc1C)NC(=O)c1ccc(Cl)cc1. The molecule has 2 rings (SSSR count). The fourth-order valence-corrected chi connectivity index (χ4v) is 2.57. The molecule has 0 unspecified atom stereocenters. The first kappa shape index (κ1) is 19.6. The second kappa shape index (κ2) is 8.61. The first-order valence-corrected chi connectivity index (χ1v) is 8.49. The van der Waals surface area contributed by atoms with Gasteiger partial charge in [0, 0.05) is 26.9 Å². The summed E-state index contributed by atoms with van der Waals surface area (Å²) in [4.78, 5) is 12.2. The predicted octanol–water partition coefficient (Wildman–Crippen LogP) is 4.39. The Kier molecular flexibility index (Phi) is 6.50. The summed E-state index contributed by atoms with van der Waals surface area (Å²) in [6.45, 7) is 5.76. The molecule has 0 fully saturated rings. The lowest BCUT2D eigenvalue weighted by atomic mass is 10.00. The van der Waals surface area contributed by atoms with Gasteiger partial charge >= 0.3 is 0 Å². The minimum absolute atomic E-state index is 0.142. The van der Waals surface area contributed by atoms with Crippen molar-refractivity contribution >= 4 is 34.7 Å². The van der Waals surface area contributed by atoms with Crippen LogP contribution in [-0.4, -0.2) is 5.91 Å². The maximum atomic E-state index is 12.2. The molecule has 2 aromatic carbocycles. The van der Waals surface area contributed by atoms with Crippen LogP contribution in [0.5, 0.6) is 0 Å². The van der Waals surface area contributed by atoms with Gasteiger partial charge in [0.2, 0.25) is 0 Å². The van der Waals surface area contributed by atoms with Crippen molar-refractivity contribution in [2.45, 2.75) is 6.92 Å². The molecule has 5 N–H and O–H groups in total. The van der Waals surface area contributed by atoms with Gasteiger partial charge in [-0.25, -0.2) is 0 Å². The molecule has 26 heavy (non-hydrogen) atoms. The van der Waals surface area contributed by atoms with E-state index in [1.807, 2.05) is 13.0 Å². The lowest BCUT2D eigenvalue weighted by Gasteiger charge is -2.10. The third-order valence-electron chi connectivity index (χ3n) is 3.63. The molecule has 0 saturated carbocycles. The summed E-state index contributed by atoms with van der Waals surface area (Å²) < 4.78 is 0. The molecule has 134 valence electrons. The second-order valence-corrected chi connectivity index (χ2v) is 6.52. The number of hydrogen-bond donors (Lipinski definition) is 3. The zero-order valence-electron chi connectivity index (χ0n) is 14.2. The predicted molar refractivity (Wildman–Crippen MR) is 109 cm³/mol. The molecule has 0 aliphatic heterocycles. The molecule has 0 radical (unpaired) electrons. The average molecular weight is 388 g/mol. The third-order valence-corrected chi connectivity index (χ3v) is 4.12. The number of amides is 1. The number of nitrogens with one attached hydrogen (secondary N) is 1. The Morgan fingerprint density at radius 3 is 2.27 bits per heavy atom. The van der Waals surface area contributed by atoms with Gasteiger partial charge in [0.05, 0.1) is 0 Å².